The van der Waals surface area contributed by atoms with Crippen LogP contribution in [0.5, 0.6) is 0 Å². The molecule has 2 fully saturated rings. The number of aryl methyl sites for hydroxylation is 3. The molecule has 0 amide bonds. The van der Waals surface area contributed by atoms with Crippen LogP contribution in [0.25, 0.3) is 21.8 Å². The van der Waals surface area contributed by atoms with Crippen LogP contribution in [-0.4, -0.2) is 41.2 Å². The van der Waals surface area contributed by atoms with E-state index in [0.29, 0.717) is 0 Å². The Morgan fingerprint density at radius 2 is 0.912 bits per heavy atom. The highest BCUT2D eigenvalue weighted by molar-refractivity contribution is 6.63. The highest BCUT2D eigenvalue weighted by Gasteiger charge is 2.53. The molecule has 0 unspecified atom stereocenters. The molecule has 3 heterocycles. The lowest BCUT2D eigenvalue weighted by atomic mass is 9.74. The van der Waals surface area contributed by atoms with Gasteiger partial charge >= 0.3 is 14.2 Å². The predicted molar refractivity (Wildman–Crippen MR) is 139 cm³/mol. The molecule has 1 aliphatic carbocycles. The molecule has 0 atom stereocenters. The number of aromatic nitrogens is 1. The third kappa shape index (κ3) is 2.97. The standard InChI is InChI=1S/C27H35B2NO4/c1-24(2)25(3,4)32-28(31-24)18-12-16-10-11-17-13-19(29-33-26(5,6)27(7,8)34-29)15-21-23(17)22(16)20(14-18)30(21)9/h12-15H,10-11H2,1-9H3. The van der Waals surface area contributed by atoms with Gasteiger partial charge in [-0.25, -0.2) is 0 Å². The normalized spacial score (nSPS) is 24.1. The molecule has 0 N–H and O–H groups in total. The van der Waals surface area contributed by atoms with E-state index in [9.17, 15) is 0 Å². The molecule has 2 saturated heterocycles. The van der Waals surface area contributed by atoms with Crippen LogP contribution in [0.1, 0.15) is 66.5 Å². The second-order valence-electron chi connectivity index (χ2n) is 12.4. The molecule has 7 heteroatoms. The lowest BCUT2D eigenvalue weighted by molar-refractivity contribution is 0.00578. The summed E-state index contributed by atoms with van der Waals surface area (Å²) in [6.07, 6.45) is 2.01. The smallest absolute Gasteiger partial charge is 0.399 e. The Balaban J connectivity index is 1.49. The fourth-order valence-electron chi connectivity index (χ4n) is 5.55. The zero-order valence-corrected chi connectivity index (χ0v) is 22.0. The predicted octanol–water partition coefficient (Wildman–Crippen LogP) is 4.03. The fraction of sp³-hybridized carbons (Fsp3) is 0.556. The number of benzene rings is 2. The lowest BCUT2D eigenvalue weighted by Gasteiger charge is -2.32. The molecule has 1 aromatic heterocycles. The van der Waals surface area contributed by atoms with Gasteiger partial charge in [0.05, 0.1) is 22.4 Å². The Labute approximate surface area is 203 Å². The Kier molecular flexibility index (Phi) is 4.46. The summed E-state index contributed by atoms with van der Waals surface area (Å²) in [7, 11) is 1.45. The number of hydrogen-bond acceptors (Lipinski definition) is 4. The van der Waals surface area contributed by atoms with Crippen molar-refractivity contribution in [3.05, 3.63) is 35.4 Å². The van der Waals surface area contributed by atoms with Gasteiger partial charge in [0.2, 0.25) is 0 Å². The molecule has 0 spiro atoms. The minimum Gasteiger partial charge on any atom is -0.399 e. The first-order chi connectivity index (χ1) is 15.7. The number of hydrogen-bond donors (Lipinski definition) is 0. The largest absolute Gasteiger partial charge is 0.494 e. The lowest BCUT2D eigenvalue weighted by Crippen LogP contribution is -2.41. The van der Waals surface area contributed by atoms with E-state index in [-0.39, 0.29) is 36.6 Å². The molecule has 3 aliphatic rings. The molecule has 178 valence electrons. The summed E-state index contributed by atoms with van der Waals surface area (Å²) in [6.45, 7) is 16.9. The molecule has 0 radical (unpaired) electrons. The van der Waals surface area contributed by atoms with E-state index in [1.54, 1.807) is 0 Å². The van der Waals surface area contributed by atoms with Crippen LogP contribution in [0.2, 0.25) is 0 Å². The van der Waals surface area contributed by atoms with Gasteiger partial charge in [0.25, 0.3) is 0 Å². The van der Waals surface area contributed by atoms with Crippen LogP contribution >= 0.6 is 0 Å². The summed E-state index contributed by atoms with van der Waals surface area (Å²) < 4.78 is 27.9. The molecular formula is C27H35B2NO4. The molecule has 3 aromatic rings. The van der Waals surface area contributed by atoms with E-state index in [0.717, 1.165) is 23.8 Å². The fourth-order valence-corrected chi connectivity index (χ4v) is 5.55. The van der Waals surface area contributed by atoms with Gasteiger partial charge < -0.3 is 23.2 Å². The Bertz CT molecular complexity index is 1220. The van der Waals surface area contributed by atoms with Crippen molar-refractivity contribution in [2.45, 2.75) is 90.6 Å². The van der Waals surface area contributed by atoms with Crippen LogP contribution < -0.4 is 10.9 Å². The van der Waals surface area contributed by atoms with Crippen molar-refractivity contribution in [2.24, 2.45) is 7.05 Å². The number of nitrogens with zero attached hydrogens (tertiary/aromatic N) is 1. The first kappa shape index (κ1) is 22.7. The first-order valence-electron chi connectivity index (χ1n) is 12.5. The van der Waals surface area contributed by atoms with Gasteiger partial charge in [-0.05, 0) is 102 Å². The van der Waals surface area contributed by atoms with E-state index < -0.39 is 0 Å². The SMILES string of the molecule is Cn1c2cc(B3OC(C)(C)C(C)(C)O3)cc3c2c2c(cc(B4OC(C)(C)C(C)(C)O4)cc21)CC3. The quantitative estimate of drug-likeness (QED) is 0.543. The van der Waals surface area contributed by atoms with Gasteiger partial charge in [0.15, 0.2) is 0 Å². The van der Waals surface area contributed by atoms with Gasteiger partial charge in [-0.2, -0.15) is 0 Å². The van der Waals surface area contributed by atoms with E-state index >= 15 is 0 Å². The summed E-state index contributed by atoms with van der Waals surface area (Å²) in [5.41, 5.74) is 5.99. The third-order valence-electron chi connectivity index (χ3n) is 9.13. The molecule has 5 nitrogen and oxygen atoms in total. The molecular weight excluding hydrogens is 424 g/mol. The van der Waals surface area contributed by atoms with Crippen molar-refractivity contribution in [3.8, 4) is 0 Å². The van der Waals surface area contributed by atoms with Crippen molar-refractivity contribution >= 4 is 47.0 Å². The van der Waals surface area contributed by atoms with E-state index in [4.69, 9.17) is 18.6 Å². The minimum absolute atomic E-state index is 0.353. The summed E-state index contributed by atoms with van der Waals surface area (Å²) in [6, 6.07) is 9.11. The Hall–Kier alpha value is -1.79. The number of rotatable bonds is 2. The Morgan fingerprint density at radius 3 is 1.24 bits per heavy atom. The van der Waals surface area contributed by atoms with Crippen LogP contribution in [-0.2, 0) is 38.5 Å². The maximum absolute atomic E-state index is 6.39. The second kappa shape index (κ2) is 6.70. The highest BCUT2D eigenvalue weighted by Crippen LogP contribution is 2.41. The Morgan fingerprint density at radius 1 is 0.588 bits per heavy atom. The van der Waals surface area contributed by atoms with E-state index in [1.165, 1.54) is 32.9 Å². The van der Waals surface area contributed by atoms with Crippen molar-refractivity contribution in [1.82, 2.24) is 4.57 Å². The van der Waals surface area contributed by atoms with Crippen LogP contribution in [0.15, 0.2) is 24.3 Å². The van der Waals surface area contributed by atoms with Crippen LogP contribution in [0, 0.1) is 0 Å². The summed E-state index contributed by atoms with van der Waals surface area (Å²) >= 11 is 0. The second-order valence-corrected chi connectivity index (χ2v) is 12.4. The van der Waals surface area contributed by atoms with Crippen molar-refractivity contribution in [2.75, 3.05) is 0 Å². The molecule has 34 heavy (non-hydrogen) atoms. The first-order valence-corrected chi connectivity index (χ1v) is 12.5. The zero-order chi connectivity index (χ0) is 24.4. The zero-order valence-electron chi connectivity index (χ0n) is 22.0. The average Bonchev–Trinajstić information content (AvgIpc) is 3.24. The topological polar surface area (TPSA) is 41.9 Å². The van der Waals surface area contributed by atoms with Gasteiger partial charge in [-0.3, -0.25) is 0 Å². The average molecular weight is 459 g/mol. The molecule has 0 saturated carbocycles. The van der Waals surface area contributed by atoms with Crippen molar-refractivity contribution < 1.29 is 18.6 Å². The third-order valence-corrected chi connectivity index (χ3v) is 9.13. The van der Waals surface area contributed by atoms with Crippen molar-refractivity contribution in [3.63, 3.8) is 0 Å². The molecule has 2 aromatic carbocycles. The van der Waals surface area contributed by atoms with Crippen LogP contribution in [0.4, 0.5) is 0 Å². The van der Waals surface area contributed by atoms with Crippen LogP contribution in [0.3, 0.4) is 0 Å². The molecule has 6 rings (SSSR count). The summed E-state index contributed by atoms with van der Waals surface area (Å²) in [5.74, 6) is 0. The van der Waals surface area contributed by atoms with Gasteiger partial charge in [-0.15, -0.1) is 0 Å². The van der Waals surface area contributed by atoms with E-state index in [2.05, 4.69) is 91.3 Å². The maximum atomic E-state index is 6.39. The molecule has 0 bridgehead atoms. The summed E-state index contributed by atoms with van der Waals surface area (Å²) in [4.78, 5) is 0. The van der Waals surface area contributed by atoms with E-state index in [1.807, 2.05) is 0 Å². The maximum Gasteiger partial charge on any atom is 0.494 e. The van der Waals surface area contributed by atoms with Gasteiger partial charge in [0.1, 0.15) is 0 Å². The molecule has 2 aliphatic heterocycles. The highest BCUT2D eigenvalue weighted by atomic mass is 16.7. The van der Waals surface area contributed by atoms with Crippen molar-refractivity contribution in [1.29, 1.82) is 0 Å². The van der Waals surface area contributed by atoms with Gasteiger partial charge in [0, 0.05) is 28.9 Å². The minimum atomic E-state index is -0.356. The summed E-state index contributed by atoms with van der Waals surface area (Å²) in [5, 5.41) is 2.72. The van der Waals surface area contributed by atoms with Gasteiger partial charge in [-0.1, -0.05) is 12.1 Å². The monoisotopic (exact) mass is 459 g/mol.